The first-order chi connectivity index (χ1) is 10.6. The largest absolute Gasteiger partial charge is 0.464 e. The number of anilines is 2. The minimum Gasteiger partial charge on any atom is -0.464 e. The number of nitrogens with zero attached hydrogens (tertiary/aromatic N) is 3. The summed E-state index contributed by atoms with van der Waals surface area (Å²) >= 11 is 3.07. The molecule has 0 radical (unpaired) electrons. The van der Waals surface area contributed by atoms with Gasteiger partial charge in [0.15, 0.2) is 10.9 Å². The second-order valence-corrected chi connectivity index (χ2v) is 7.03. The van der Waals surface area contributed by atoms with Gasteiger partial charge in [-0.2, -0.15) is 17.0 Å². The molecule has 3 N–H and O–H groups in total. The number of nitrogen functional groups attached to an aromatic ring is 1. The van der Waals surface area contributed by atoms with Gasteiger partial charge in [0.1, 0.15) is 22.5 Å². The minimum atomic E-state index is 0.298. The van der Waals surface area contributed by atoms with Crippen molar-refractivity contribution in [3.05, 3.63) is 28.5 Å². The van der Waals surface area contributed by atoms with E-state index in [9.17, 15) is 0 Å². The number of nitrogens with two attached hydrogens (primary N) is 1. The van der Waals surface area contributed by atoms with Crippen LogP contribution in [0.4, 0.5) is 10.9 Å². The van der Waals surface area contributed by atoms with Gasteiger partial charge in [0.2, 0.25) is 0 Å². The Labute approximate surface area is 138 Å². The summed E-state index contributed by atoms with van der Waals surface area (Å²) in [6.45, 7) is 1.59. The molecule has 2 aromatic heterocycles. The highest BCUT2D eigenvalue weighted by Crippen LogP contribution is 2.23. The Hall–Kier alpha value is -1.69. The molecule has 118 valence electrons. The molecule has 2 aromatic rings. The Morgan fingerprint density at radius 3 is 2.91 bits per heavy atom. The van der Waals surface area contributed by atoms with Crippen LogP contribution in [0.25, 0.3) is 0 Å². The van der Waals surface area contributed by atoms with Crippen molar-refractivity contribution in [1.82, 2.24) is 9.88 Å². The maximum absolute atomic E-state index is 8.82. The van der Waals surface area contributed by atoms with Crippen LogP contribution in [0.15, 0.2) is 16.5 Å². The van der Waals surface area contributed by atoms with E-state index in [2.05, 4.69) is 15.2 Å². The van der Waals surface area contributed by atoms with Crippen LogP contribution in [-0.4, -0.2) is 36.3 Å². The highest BCUT2D eigenvalue weighted by atomic mass is 32.2. The average molecular weight is 337 g/mol. The van der Waals surface area contributed by atoms with E-state index in [1.165, 1.54) is 11.3 Å². The fraction of sp³-hybridized carbons (Fsp3) is 0.429. The monoisotopic (exact) mass is 337 g/mol. The molecule has 2 rings (SSSR count). The first-order valence-electron chi connectivity index (χ1n) is 6.79. The van der Waals surface area contributed by atoms with Crippen molar-refractivity contribution in [3.63, 3.8) is 0 Å². The lowest BCUT2D eigenvalue weighted by Gasteiger charge is -2.05. The first kappa shape index (κ1) is 16.7. The number of thioether (sulfide) groups is 1. The van der Waals surface area contributed by atoms with Crippen LogP contribution in [0.1, 0.15) is 16.4 Å². The number of hydrogen-bond acceptors (Lipinski definition) is 8. The molecule has 0 aromatic carbocycles. The molecule has 0 spiro atoms. The van der Waals surface area contributed by atoms with Gasteiger partial charge in [0.25, 0.3) is 0 Å². The van der Waals surface area contributed by atoms with Crippen LogP contribution in [0.3, 0.4) is 0 Å². The maximum atomic E-state index is 8.82. The molecule has 6 nitrogen and oxygen atoms in total. The lowest BCUT2D eigenvalue weighted by Crippen LogP contribution is -2.09. The zero-order chi connectivity index (χ0) is 15.9. The smallest absolute Gasteiger partial charge is 0.186 e. The van der Waals surface area contributed by atoms with Crippen LogP contribution < -0.4 is 11.1 Å². The topological polar surface area (TPSA) is 91.1 Å². The van der Waals surface area contributed by atoms with Gasteiger partial charge in [-0.05, 0) is 26.2 Å². The number of nitrogens with one attached hydrogen (secondary N) is 1. The summed E-state index contributed by atoms with van der Waals surface area (Å²) in [6, 6.07) is 6.08. The number of thiazole rings is 1. The molecule has 0 unspecified atom stereocenters. The molecule has 0 amide bonds. The van der Waals surface area contributed by atoms with Crippen molar-refractivity contribution in [2.75, 3.05) is 37.4 Å². The van der Waals surface area contributed by atoms with E-state index in [-0.39, 0.29) is 0 Å². The molecular weight excluding hydrogens is 318 g/mol. The van der Waals surface area contributed by atoms with Gasteiger partial charge in [-0.1, -0.05) is 11.3 Å². The predicted molar refractivity (Wildman–Crippen MR) is 92.0 cm³/mol. The minimum absolute atomic E-state index is 0.298. The normalized spacial score (nSPS) is 10.8. The van der Waals surface area contributed by atoms with E-state index < -0.39 is 0 Å². The predicted octanol–water partition coefficient (Wildman–Crippen LogP) is 2.60. The van der Waals surface area contributed by atoms with Gasteiger partial charge >= 0.3 is 0 Å². The van der Waals surface area contributed by atoms with E-state index in [0.29, 0.717) is 15.8 Å². The molecule has 0 aliphatic rings. The van der Waals surface area contributed by atoms with Gasteiger partial charge in [-0.3, -0.25) is 0 Å². The zero-order valence-corrected chi connectivity index (χ0v) is 14.3. The quantitative estimate of drug-likeness (QED) is 0.715. The highest BCUT2D eigenvalue weighted by Gasteiger charge is 2.07. The number of rotatable bonds is 8. The highest BCUT2D eigenvalue weighted by molar-refractivity contribution is 7.98. The van der Waals surface area contributed by atoms with Crippen molar-refractivity contribution < 1.29 is 4.42 Å². The van der Waals surface area contributed by atoms with Gasteiger partial charge < -0.3 is 20.4 Å². The maximum Gasteiger partial charge on any atom is 0.186 e. The summed E-state index contributed by atoms with van der Waals surface area (Å²) in [5.74, 6) is 4.05. The summed E-state index contributed by atoms with van der Waals surface area (Å²) in [5, 5.41) is 12.7. The second-order valence-electron chi connectivity index (χ2n) is 4.93. The fourth-order valence-corrected chi connectivity index (χ4v) is 3.24. The molecule has 0 fully saturated rings. The van der Waals surface area contributed by atoms with Crippen molar-refractivity contribution >= 4 is 34.0 Å². The lowest BCUT2D eigenvalue weighted by molar-refractivity contribution is 0.344. The Kier molecular flexibility index (Phi) is 6.12. The van der Waals surface area contributed by atoms with Gasteiger partial charge in [0, 0.05) is 12.3 Å². The molecule has 0 atom stereocenters. The van der Waals surface area contributed by atoms with E-state index in [4.69, 9.17) is 15.4 Å². The number of hydrogen-bond donors (Lipinski definition) is 2. The number of furan rings is 1. The van der Waals surface area contributed by atoms with Crippen LogP contribution in [0, 0.1) is 11.3 Å². The average Bonchev–Trinajstić information content (AvgIpc) is 3.04. The Morgan fingerprint density at radius 2 is 2.23 bits per heavy atom. The summed E-state index contributed by atoms with van der Waals surface area (Å²) in [5.41, 5.74) is 5.61. The molecule has 2 heterocycles. The standard InChI is InChI=1S/C14H19N5OS2/c1-19(2)8-10-3-4-11(20-10)9-21-6-5-17-14-18-13(16)12(7-15)22-14/h3-4H,5-6,8-9,16H2,1-2H3,(H,17,18). The third-order valence-electron chi connectivity index (χ3n) is 2.71. The summed E-state index contributed by atoms with van der Waals surface area (Å²) in [4.78, 5) is 6.63. The fourth-order valence-electron chi connectivity index (χ4n) is 1.79. The Morgan fingerprint density at radius 1 is 1.45 bits per heavy atom. The molecule has 0 saturated carbocycles. The summed E-state index contributed by atoms with van der Waals surface area (Å²) < 4.78 is 5.75. The van der Waals surface area contributed by atoms with Crippen molar-refractivity contribution in [2.24, 2.45) is 0 Å². The third kappa shape index (κ3) is 4.94. The SMILES string of the molecule is CN(C)Cc1ccc(CSCCNc2nc(N)c(C#N)s2)o1. The van der Waals surface area contributed by atoms with E-state index >= 15 is 0 Å². The Balaban J connectivity index is 1.66. The molecule has 0 aliphatic carbocycles. The molecule has 0 bridgehead atoms. The van der Waals surface area contributed by atoms with E-state index in [1.54, 1.807) is 11.8 Å². The number of nitriles is 1. The molecule has 22 heavy (non-hydrogen) atoms. The first-order valence-corrected chi connectivity index (χ1v) is 8.76. The second kappa shape index (κ2) is 8.08. The molecule has 0 saturated heterocycles. The van der Waals surface area contributed by atoms with Gasteiger partial charge in [-0.15, -0.1) is 0 Å². The zero-order valence-electron chi connectivity index (χ0n) is 12.6. The van der Waals surface area contributed by atoms with Crippen molar-refractivity contribution in [3.8, 4) is 6.07 Å². The van der Waals surface area contributed by atoms with E-state index in [0.717, 1.165) is 36.1 Å². The van der Waals surface area contributed by atoms with Crippen LogP contribution in [0.5, 0.6) is 0 Å². The van der Waals surface area contributed by atoms with E-state index in [1.807, 2.05) is 32.3 Å². The molecule has 0 aliphatic heterocycles. The van der Waals surface area contributed by atoms with Crippen molar-refractivity contribution in [2.45, 2.75) is 12.3 Å². The molecule has 8 heteroatoms. The molecular formula is C14H19N5OS2. The summed E-state index contributed by atoms with van der Waals surface area (Å²) in [7, 11) is 4.04. The van der Waals surface area contributed by atoms with Crippen LogP contribution >= 0.6 is 23.1 Å². The van der Waals surface area contributed by atoms with Gasteiger partial charge in [-0.25, -0.2) is 4.98 Å². The summed E-state index contributed by atoms with van der Waals surface area (Å²) in [6.07, 6.45) is 0. The van der Waals surface area contributed by atoms with Crippen LogP contribution in [-0.2, 0) is 12.3 Å². The van der Waals surface area contributed by atoms with Crippen molar-refractivity contribution in [1.29, 1.82) is 5.26 Å². The van der Waals surface area contributed by atoms with Gasteiger partial charge in [0.05, 0.1) is 12.3 Å². The number of aromatic nitrogens is 1. The van der Waals surface area contributed by atoms with Crippen LogP contribution in [0.2, 0.25) is 0 Å². The lowest BCUT2D eigenvalue weighted by atomic mass is 10.4. The third-order valence-corrected chi connectivity index (χ3v) is 4.63. The Bertz CT molecular complexity index is 644.